The predicted octanol–water partition coefficient (Wildman–Crippen LogP) is 3.46. The third-order valence-electron chi connectivity index (χ3n) is 2.62. The molecule has 0 unspecified atom stereocenters. The fourth-order valence-electron chi connectivity index (χ4n) is 1.63. The van der Waals surface area contributed by atoms with Gasteiger partial charge in [-0.3, -0.25) is 10.1 Å². The van der Waals surface area contributed by atoms with Crippen LogP contribution in [0.25, 0.3) is 0 Å². The van der Waals surface area contributed by atoms with Gasteiger partial charge in [0.1, 0.15) is 5.75 Å². The van der Waals surface area contributed by atoms with E-state index in [-0.39, 0.29) is 22.5 Å². The quantitative estimate of drug-likeness (QED) is 0.688. The van der Waals surface area contributed by atoms with Crippen molar-refractivity contribution in [2.45, 2.75) is 13.0 Å². The summed E-state index contributed by atoms with van der Waals surface area (Å²) in [6.07, 6.45) is 1.57. The van der Waals surface area contributed by atoms with E-state index in [1.165, 1.54) is 18.2 Å². The summed E-state index contributed by atoms with van der Waals surface area (Å²) < 4.78 is 5.59. The minimum absolute atomic E-state index is 0.101. The number of nitro benzene ring substituents is 1. The molecule has 1 aromatic carbocycles. The number of hydrogen-bond donors (Lipinski definition) is 1. The first-order valence-corrected chi connectivity index (χ1v) is 6.19. The first-order chi connectivity index (χ1) is 9.49. The smallest absolute Gasteiger partial charge is 0.271 e. The standard InChI is InChI=1S/C13H12ClN3O3/c1-8(15)10-3-2-6-16-13(10)20-12-5-4-9(17(18)19)7-11(12)14/h2-8H,15H2,1H3/t8-/m1/s1. The molecule has 0 fully saturated rings. The number of non-ortho nitro benzene ring substituents is 1. The van der Waals surface area contributed by atoms with Crippen molar-refractivity contribution < 1.29 is 9.66 Å². The highest BCUT2D eigenvalue weighted by atomic mass is 35.5. The lowest BCUT2D eigenvalue weighted by atomic mass is 10.1. The number of halogens is 1. The molecule has 1 aromatic heterocycles. The van der Waals surface area contributed by atoms with Crippen LogP contribution in [0.4, 0.5) is 5.69 Å². The van der Waals surface area contributed by atoms with Gasteiger partial charge in [0.2, 0.25) is 5.88 Å². The summed E-state index contributed by atoms with van der Waals surface area (Å²) in [6, 6.07) is 7.27. The molecule has 104 valence electrons. The van der Waals surface area contributed by atoms with E-state index in [2.05, 4.69) is 4.98 Å². The van der Waals surface area contributed by atoms with Crippen LogP contribution in [0, 0.1) is 10.1 Å². The van der Waals surface area contributed by atoms with Crippen molar-refractivity contribution in [3.63, 3.8) is 0 Å². The van der Waals surface area contributed by atoms with Crippen molar-refractivity contribution in [1.82, 2.24) is 4.98 Å². The lowest BCUT2D eigenvalue weighted by molar-refractivity contribution is -0.384. The van der Waals surface area contributed by atoms with Crippen LogP contribution in [0.15, 0.2) is 36.5 Å². The number of nitrogens with zero attached hydrogens (tertiary/aromatic N) is 2. The zero-order valence-corrected chi connectivity index (χ0v) is 11.4. The summed E-state index contributed by atoms with van der Waals surface area (Å²) in [5.74, 6) is 0.621. The molecule has 7 heteroatoms. The van der Waals surface area contributed by atoms with Gasteiger partial charge in [-0.2, -0.15) is 0 Å². The van der Waals surface area contributed by atoms with Crippen molar-refractivity contribution in [1.29, 1.82) is 0 Å². The van der Waals surface area contributed by atoms with E-state index in [0.717, 1.165) is 5.56 Å². The fourth-order valence-corrected chi connectivity index (χ4v) is 1.84. The highest BCUT2D eigenvalue weighted by molar-refractivity contribution is 6.32. The Hall–Kier alpha value is -2.18. The van der Waals surface area contributed by atoms with Crippen molar-refractivity contribution in [2.24, 2.45) is 5.73 Å². The predicted molar refractivity (Wildman–Crippen MR) is 75.0 cm³/mol. The molecule has 0 spiro atoms. The minimum atomic E-state index is -0.524. The zero-order chi connectivity index (χ0) is 14.7. The maximum atomic E-state index is 10.6. The number of aromatic nitrogens is 1. The van der Waals surface area contributed by atoms with E-state index in [9.17, 15) is 10.1 Å². The molecule has 6 nitrogen and oxygen atoms in total. The molecule has 1 heterocycles. The molecule has 0 aliphatic heterocycles. The van der Waals surface area contributed by atoms with Gasteiger partial charge in [0, 0.05) is 29.9 Å². The van der Waals surface area contributed by atoms with Gasteiger partial charge < -0.3 is 10.5 Å². The van der Waals surface area contributed by atoms with E-state index in [4.69, 9.17) is 22.1 Å². The monoisotopic (exact) mass is 293 g/mol. The van der Waals surface area contributed by atoms with Gasteiger partial charge in [-0.05, 0) is 19.1 Å². The number of nitro groups is 1. The minimum Gasteiger partial charge on any atom is -0.437 e. The van der Waals surface area contributed by atoms with Crippen LogP contribution >= 0.6 is 11.6 Å². The van der Waals surface area contributed by atoms with Gasteiger partial charge in [-0.1, -0.05) is 17.7 Å². The normalized spacial score (nSPS) is 11.9. The van der Waals surface area contributed by atoms with Crippen LogP contribution in [-0.2, 0) is 0 Å². The van der Waals surface area contributed by atoms with Gasteiger partial charge in [0.05, 0.1) is 9.95 Å². The topological polar surface area (TPSA) is 91.3 Å². The number of benzene rings is 1. The molecule has 0 amide bonds. The Bertz CT molecular complexity index is 647. The lowest BCUT2D eigenvalue weighted by Crippen LogP contribution is -2.07. The van der Waals surface area contributed by atoms with E-state index >= 15 is 0 Å². The van der Waals surface area contributed by atoms with Crippen LogP contribution in [0.1, 0.15) is 18.5 Å². The third kappa shape index (κ3) is 3.04. The van der Waals surface area contributed by atoms with Crippen LogP contribution in [0.5, 0.6) is 11.6 Å². The lowest BCUT2D eigenvalue weighted by Gasteiger charge is -2.12. The molecule has 2 aromatic rings. The summed E-state index contributed by atoms with van der Waals surface area (Å²) in [5.41, 5.74) is 6.45. The first-order valence-electron chi connectivity index (χ1n) is 5.81. The average Bonchev–Trinajstić information content (AvgIpc) is 2.41. The molecule has 0 saturated heterocycles. The highest BCUT2D eigenvalue weighted by Gasteiger charge is 2.14. The number of nitrogens with two attached hydrogens (primary N) is 1. The van der Waals surface area contributed by atoms with E-state index in [1.807, 2.05) is 0 Å². The second-order valence-electron chi connectivity index (χ2n) is 4.16. The zero-order valence-electron chi connectivity index (χ0n) is 10.6. The van der Waals surface area contributed by atoms with Gasteiger partial charge in [-0.15, -0.1) is 0 Å². The Balaban J connectivity index is 2.33. The molecule has 0 bridgehead atoms. The van der Waals surface area contributed by atoms with Crippen LogP contribution in [0.2, 0.25) is 5.02 Å². The van der Waals surface area contributed by atoms with Crippen molar-refractivity contribution in [2.75, 3.05) is 0 Å². The molecule has 0 radical (unpaired) electrons. The van der Waals surface area contributed by atoms with Crippen LogP contribution in [0.3, 0.4) is 0 Å². The Morgan fingerprint density at radius 3 is 2.80 bits per heavy atom. The summed E-state index contributed by atoms with van der Waals surface area (Å²) in [7, 11) is 0. The number of ether oxygens (including phenoxy) is 1. The Morgan fingerprint density at radius 2 is 2.20 bits per heavy atom. The molecule has 0 aliphatic carbocycles. The summed E-state index contributed by atoms with van der Waals surface area (Å²) >= 11 is 5.97. The highest BCUT2D eigenvalue weighted by Crippen LogP contribution is 2.33. The van der Waals surface area contributed by atoms with E-state index in [0.29, 0.717) is 5.88 Å². The molecule has 2 N–H and O–H groups in total. The third-order valence-corrected chi connectivity index (χ3v) is 2.92. The maximum Gasteiger partial charge on any atom is 0.271 e. The maximum absolute atomic E-state index is 10.6. The Labute approximate surface area is 120 Å². The largest absolute Gasteiger partial charge is 0.437 e. The van der Waals surface area contributed by atoms with Gasteiger partial charge in [0.15, 0.2) is 0 Å². The average molecular weight is 294 g/mol. The second kappa shape index (κ2) is 5.85. The second-order valence-corrected chi connectivity index (χ2v) is 4.57. The summed E-state index contributed by atoms with van der Waals surface area (Å²) in [4.78, 5) is 14.2. The fraction of sp³-hybridized carbons (Fsp3) is 0.154. The molecule has 0 aliphatic rings. The first kappa shape index (κ1) is 14.2. The van der Waals surface area contributed by atoms with Gasteiger partial charge in [0.25, 0.3) is 5.69 Å². The van der Waals surface area contributed by atoms with E-state index in [1.54, 1.807) is 25.3 Å². The Morgan fingerprint density at radius 1 is 1.45 bits per heavy atom. The van der Waals surface area contributed by atoms with E-state index < -0.39 is 4.92 Å². The van der Waals surface area contributed by atoms with Crippen LogP contribution in [-0.4, -0.2) is 9.91 Å². The molecule has 1 atom stereocenters. The molecular formula is C13H12ClN3O3. The number of hydrogen-bond acceptors (Lipinski definition) is 5. The molecule has 20 heavy (non-hydrogen) atoms. The van der Waals surface area contributed by atoms with Crippen molar-refractivity contribution >= 4 is 17.3 Å². The Kier molecular flexibility index (Phi) is 4.16. The molecule has 0 saturated carbocycles. The summed E-state index contributed by atoms with van der Waals surface area (Å²) in [5, 5.41) is 10.8. The molecule has 2 rings (SSSR count). The van der Waals surface area contributed by atoms with Gasteiger partial charge >= 0.3 is 0 Å². The summed E-state index contributed by atoms with van der Waals surface area (Å²) in [6.45, 7) is 1.81. The van der Waals surface area contributed by atoms with Crippen molar-refractivity contribution in [3.8, 4) is 11.6 Å². The van der Waals surface area contributed by atoms with Crippen molar-refractivity contribution in [3.05, 3.63) is 57.2 Å². The SMILES string of the molecule is C[C@@H](N)c1cccnc1Oc1ccc([N+](=O)[O-])cc1Cl. The number of rotatable bonds is 4. The molecular weight excluding hydrogens is 282 g/mol. The number of pyridine rings is 1. The van der Waals surface area contributed by atoms with Gasteiger partial charge in [-0.25, -0.2) is 4.98 Å². The van der Waals surface area contributed by atoms with Crippen LogP contribution < -0.4 is 10.5 Å².